The van der Waals surface area contributed by atoms with Gasteiger partial charge in [-0.25, -0.2) is 4.98 Å². The summed E-state index contributed by atoms with van der Waals surface area (Å²) < 4.78 is 5.14. The molecule has 0 amide bonds. The zero-order chi connectivity index (χ0) is 12.1. The fourth-order valence-electron chi connectivity index (χ4n) is 1.67. The molecule has 1 heterocycles. The first-order valence-corrected chi connectivity index (χ1v) is 5.37. The van der Waals surface area contributed by atoms with Crippen LogP contribution in [0.2, 0.25) is 0 Å². The zero-order valence-corrected chi connectivity index (χ0v) is 10.1. The molecule has 0 aliphatic heterocycles. The quantitative estimate of drug-likeness (QED) is 0.783. The minimum absolute atomic E-state index is 0.255. The molecule has 1 unspecified atom stereocenters. The SMILES string of the molecule is CCN(c1ccc(N)c(N)n1)C(C)COC. The van der Waals surface area contributed by atoms with Gasteiger partial charge in [0.2, 0.25) is 0 Å². The molecule has 0 aromatic carbocycles. The number of nitrogens with two attached hydrogens (primary N) is 2. The van der Waals surface area contributed by atoms with Crippen molar-refractivity contribution in [2.75, 3.05) is 36.6 Å². The van der Waals surface area contributed by atoms with Crippen LogP contribution in [0.25, 0.3) is 0 Å². The average molecular weight is 224 g/mol. The van der Waals surface area contributed by atoms with Gasteiger partial charge >= 0.3 is 0 Å². The molecule has 90 valence electrons. The van der Waals surface area contributed by atoms with Crippen molar-refractivity contribution in [3.8, 4) is 0 Å². The minimum Gasteiger partial charge on any atom is -0.396 e. The summed E-state index contributed by atoms with van der Waals surface area (Å²) in [7, 11) is 1.69. The van der Waals surface area contributed by atoms with Gasteiger partial charge in [0.25, 0.3) is 0 Å². The number of rotatable bonds is 5. The van der Waals surface area contributed by atoms with Gasteiger partial charge in [-0.2, -0.15) is 0 Å². The van der Waals surface area contributed by atoms with Crippen molar-refractivity contribution >= 4 is 17.3 Å². The molecule has 1 rings (SSSR count). The topological polar surface area (TPSA) is 77.4 Å². The summed E-state index contributed by atoms with van der Waals surface area (Å²) in [5.41, 5.74) is 11.8. The van der Waals surface area contributed by atoms with Crippen LogP contribution < -0.4 is 16.4 Å². The number of hydrogen-bond acceptors (Lipinski definition) is 5. The van der Waals surface area contributed by atoms with Gasteiger partial charge in [0.15, 0.2) is 0 Å². The van der Waals surface area contributed by atoms with E-state index in [0.717, 1.165) is 12.4 Å². The number of nitrogen functional groups attached to an aromatic ring is 2. The normalized spacial score (nSPS) is 12.4. The van der Waals surface area contributed by atoms with Gasteiger partial charge in [0.05, 0.1) is 18.3 Å². The van der Waals surface area contributed by atoms with Crippen LogP contribution in [0.15, 0.2) is 12.1 Å². The number of likely N-dealkylation sites (N-methyl/N-ethyl adjacent to an activating group) is 1. The Balaban J connectivity index is 2.90. The highest BCUT2D eigenvalue weighted by atomic mass is 16.5. The van der Waals surface area contributed by atoms with Gasteiger partial charge in [0.1, 0.15) is 11.6 Å². The Hall–Kier alpha value is -1.49. The van der Waals surface area contributed by atoms with Gasteiger partial charge in [-0.1, -0.05) is 0 Å². The van der Waals surface area contributed by atoms with Crippen molar-refractivity contribution in [2.24, 2.45) is 0 Å². The van der Waals surface area contributed by atoms with Crippen molar-refractivity contribution < 1.29 is 4.74 Å². The van der Waals surface area contributed by atoms with Gasteiger partial charge in [0, 0.05) is 13.7 Å². The Morgan fingerprint density at radius 1 is 1.44 bits per heavy atom. The highest BCUT2D eigenvalue weighted by Gasteiger charge is 2.14. The van der Waals surface area contributed by atoms with Crippen LogP contribution in [0.1, 0.15) is 13.8 Å². The molecule has 0 aliphatic carbocycles. The molecule has 16 heavy (non-hydrogen) atoms. The largest absolute Gasteiger partial charge is 0.396 e. The van der Waals surface area contributed by atoms with E-state index in [1.807, 2.05) is 6.07 Å². The Bertz CT molecular complexity index is 343. The number of anilines is 3. The summed E-state index contributed by atoms with van der Waals surface area (Å²) >= 11 is 0. The fourth-order valence-corrected chi connectivity index (χ4v) is 1.67. The highest BCUT2D eigenvalue weighted by Crippen LogP contribution is 2.19. The van der Waals surface area contributed by atoms with Crippen molar-refractivity contribution in [1.82, 2.24) is 4.98 Å². The molecule has 0 saturated carbocycles. The molecule has 1 aromatic heterocycles. The summed E-state index contributed by atoms with van der Waals surface area (Å²) in [6.07, 6.45) is 0. The summed E-state index contributed by atoms with van der Waals surface area (Å²) in [4.78, 5) is 6.39. The number of aromatic nitrogens is 1. The standard InChI is InChI=1S/C11H20N4O/c1-4-15(8(2)7-16-3)10-6-5-9(12)11(13)14-10/h5-6,8H,4,7,12H2,1-3H3,(H2,13,14). The third kappa shape index (κ3) is 2.76. The van der Waals surface area contributed by atoms with E-state index < -0.39 is 0 Å². The second-order valence-corrected chi connectivity index (χ2v) is 3.73. The first-order valence-electron chi connectivity index (χ1n) is 5.37. The van der Waals surface area contributed by atoms with Crippen molar-refractivity contribution in [1.29, 1.82) is 0 Å². The predicted molar refractivity (Wildman–Crippen MR) is 67.4 cm³/mol. The van der Waals surface area contributed by atoms with Crippen LogP contribution in [0.5, 0.6) is 0 Å². The molecule has 1 atom stereocenters. The molecule has 0 bridgehead atoms. The number of nitrogens with zero attached hydrogens (tertiary/aromatic N) is 2. The Labute approximate surface area is 96.4 Å². The summed E-state index contributed by atoms with van der Waals surface area (Å²) in [6, 6.07) is 3.91. The first-order chi connectivity index (χ1) is 7.60. The summed E-state index contributed by atoms with van der Waals surface area (Å²) in [5, 5.41) is 0. The third-order valence-corrected chi connectivity index (χ3v) is 2.52. The molecule has 0 spiro atoms. The van der Waals surface area contributed by atoms with E-state index in [2.05, 4.69) is 23.7 Å². The smallest absolute Gasteiger partial charge is 0.149 e. The first kappa shape index (κ1) is 12.6. The lowest BCUT2D eigenvalue weighted by atomic mass is 10.2. The molecule has 5 heteroatoms. The molecular weight excluding hydrogens is 204 g/mol. The Morgan fingerprint density at radius 3 is 2.62 bits per heavy atom. The molecule has 0 saturated heterocycles. The minimum atomic E-state index is 0.255. The van der Waals surface area contributed by atoms with Crippen LogP contribution in [-0.2, 0) is 4.74 Å². The number of methoxy groups -OCH3 is 1. The zero-order valence-electron chi connectivity index (χ0n) is 10.1. The van der Waals surface area contributed by atoms with Crippen LogP contribution >= 0.6 is 0 Å². The van der Waals surface area contributed by atoms with E-state index in [4.69, 9.17) is 16.2 Å². The van der Waals surface area contributed by atoms with Crippen LogP contribution in [0.4, 0.5) is 17.3 Å². The molecule has 0 aliphatic rings. The number of hydrogen-bond donors (Lipinski definition) is 2. The summed E-state index contributed by atoms with van der Waals surface area (Å²) in [6.45, 7) is 5.66. The lowest BCUT2D eigenvalue weighted by Gasteiger charge is -2.28. The average Bonchev–Trinajstić information content (AvgIpc) is 2.25. The Morgan fingerprint density at radius 2 is 2.12 bits per heavy atom. The number of ether oxygens (including phenoxy) is 1. The predicted octanol–water partition coefficient (Wildman–Crippen LogP) is 1.11. The van der Waals surface area contributed by atoms with E-state index in [-0.39, 0.29) is 6.04 Å². The molecular formula is C11H20N4O. The fraction of sp³-hybridized carbons (Fsp3) is 0.545. The molecule has 0 fully saturated rings. The van der Waals surface area contributed by atoms with Gasteiger partial charge < -0.3 is 21.1 Å². The second-order valence-electron chi connectivity index (χ2n) is 3.73. The maximum Gasteiger partial charge on any atom is 0.149 e. The van der Waals surface area contributed by atoms with Gasteiger partial charge in [-0.05, 0) is 26.0 Å². The Kier molecular flexibility index (Phi) is 4.37. The molecule has 5 nitrogen and oxygen atoms in total. The third-order valence-electron chi connectivity index (χ3n) is 2.52. The van der Waals surface area contributed by atoms with Gasteiger partial charge in [-0.15, -0.1) is 0 Å². The van der Waals surface area contributed by atoms with E-state index in [9.17, 15) is 0 Å². The molecule has 0 radical (unpaired) electrons. The van der Waals surface area contributed by atoms with Crippen molar-refractivity contribution in [2.45, 2.75) is 19.9 Å². The molecule has 1 aromatic rings. The van der Waals surface area contributed by atoms with Crippen molar-refractivity contribution in [3.05, 3.63) is 12.1 Å². The van der Waals surface area contributed by atoms with Crippen LogP contribution in [0, 0.1) is 0 Å². The maximum absolute atomic E-state index is 5.69. The summed E-state index contributed by atoms with van der Waals surface area (Å²) in [5.74, 6) is 1.21. The van der Waals surface area contributed by atoms with Crippen LogP contribution in [0.3, 0.4) is 0 Å². The van der Waals surface area contributed by atoms with E-state index >= 15 is 0 Å². The monoisotopic (exact) mass is 224 g/mol. The lowest BCUT2D eigenvalue weighted by Crippen LogP contribution is -2.36. The molecule has 4 N–H and O–H groups in total. The van der Waals surface area contributed by atoms with E-state index in [1.165, 1.54) is 0 Å². The van der Waals surface area contributed by atoms with E-state index in [0.29, 0.717) is 18.1 Å². The van der Waals surface area contributed by atoms with Gasteiger partial charge in [-0.3, -0.25) is 0 Å². The van der Waals surface area contributed by atoms with Crippen LogP contribution in [-0.4, -0.2) is 31.3 Å². The second kappa shape index (κ2) is 5.55. The number of pyridine rings is 1. The lowest BCUT2D eigenvalue weighted by molar-refractivity contribution is 0.181. The maximum atomic E-state index is 5.69. The highest BCUT2D eigenvalue weighted by molar-refractivity contribution is 5.62. The van der Waals surface area contributed by atoms with Crippen molar-refractivity contribution in [3.63, 3.8) is 0 Å². The van der Waals surface area contributed by atoms with E-state index in [1.54, 1.807) is 13.2 Å².